The van der Waals surface area contributed by atoms with Gasteiger partial charge >= 0.3 is 6.09 Å². The Morgan fingerprint density at radius 3 is 2.25 bits per heavy atom. The second kappa shape index (κ2) is 6.76. The molecule has 20 heavy (non-hydrogen) atoms. The van der Waals surface area contributed by atoms with Crippen LogP contribution in [0.1, 0.15) is 47.5 Å². The molecule has 5 heteroatoms. The van der Waals surface area contributed by atoms with Crippen LogP contribution in [0, 0.1) is 5.41 Å². The number of carbonyl (C=O) groups is 1. The van der Waals surface area contributed by atoms with Crippen LogP contribution in [-0.2, 0) is 4.74 Å². The summed E-state index contributed by atoms with van der Waals surface area (Å²) in [4.78, 5) is 13.5. The maximum Gasteiger partial charge on any atom is 0.410 e. The first kappa shape index (κ1) is 17.2. The largest absolute Gasteiger partial charge is 0.444 e. The van der Waals surface area contributed by atoms with Crippen molar-refractivity contribution in [3.8, 4) is 0 Å². The molecule has 1 rings (SSSR count). The molecule has 118 valence electrons. The summed E-state index contributed by atoms with van der Waals surface area (Å²) in [6.07, 6.45) is 1.67. The fourth-order valence-corrected chi connectivity index (χ4v) is 2.22. The number of aliphatic hydroxyl groups excluding tert-OH is 1. The summed E-state index contributed by atoms with van der Waals surface area (Å²) in [5, 5.41) is 13.0. The summed E-state index contributed by atoms with van der Waals surface area (Å²) in [5.41, 5.74) is -0.474. The molecule has 1 aliphatic heterocycles. The van der Waals surface area contributed by atoms with Crippen molar-refractivity contribution in [2.24, 2.45) is 5.41 Å². The lowest BCUT2D eigenvalue weighted by molar-refractivity contribution is 0.00294. The number of likely N-dealkylation sites (tertiary alicyclic amines) is 1. The van der Waals surface area contributed by atoms with Crippen LogP contribution in [-0.4, -0.2) is 54.0 Å². The normalized spacial score (nSPS) is 17.0. The molecule has 0 aromatic heterocycles. The number of aliphatic hydroxyl groups is 1. The minimum absolute atomic E-state index is 0.0354. The molecule has 2 N–H and O–H groups in total. The number of nitrogens with zero attached hydrogens (tertiary/aromatic N) is 1. The number of rotatable bonds is 6. The molecule has 0 unspecified atom stereocenters. The summed E-state index contributed by atoms with van der Waals surface area (Å²) in [7, 11) is 0. The van der Waals surface area contributed by atoms with E-state index < -0.39 is 5.60 Å². The number of nitrogens with one attached hydrogen (secondary N) is 1. The molecule has 1 heterocycles. The van der Waals surface area contributed by atoms with E-state index >= 15 is 0 Å². The predicted molar refractivity (Wildman–Crippen MR) is 79.7 cm³/mol. The standard InChI is InChI=1S/C15H30N2O3/c1-6-15(7-2,11-18)10-16-12-8-17(9-12)13(19)20-14(3,4)5/h12,16,18H,6-11H2,1-5H3. The molecular weight excluding hydrogens is 256 g/mol. The number of hydrogen-bond acceptors (Lipinski definition) is 4. The lowest BCUT2D eigenvalue weighted by Crippen LogP contribution is -2.61. The third-order valence-electron chi connectivity index (χ3n) is 4.13. The predicted octanol–water partition coefficient (Wildman–Crippen LogP) is 1.99. The summed E-state index contributed by atoms with van der Waals surface area (Å²) in [5.74, 6) is 0. The van der Waals surface area contributed by atoms with Gasteiger partial charge in [0.1, 0.15) is 5.60 Å². The Balaban J connectivity index is 2.30. The fraction of sp³-hybridized carbons (Fsp3) is 0.933. The molecular formula is C15H30N2O3. The molecule has 0 aromatic carbocycles. The molecule has 0 radical (unpaired) electrons. The number of hydrogen-bond donors (Lipinski definition) is 2. The Hall–Kier alpha value is -0.810. The maximum absolute atomic E-state index is 11.8. The summed E-state index contributed by atoms with van der Waals surface area (Å²) in [6, 6.07) is 0.312. The molecule has 0 bridgehead atoms. The SMILES string of the molecule is CCC(CC)(CO)CNC1CN(C(=O)OC(C)(C)C)C1. The van der Waals surface area contributed by atoms with Gasteiger partial charge in [-0.1, -0.05) is 13.8 Å². The average Bonchev–Trinajstić information content (AvgIpc) is 2.30. The van der Waals surface area contributed by atoms with Gasteiger partial charge in [-0.15, -0.1) is 0 Å². The Morgan fingerprint density at radius 1 is 1.30 bits per heavy atom. The lowest BCUT2D eigenvalue weighted by atomic mass is 9.83. The van der Waals surface area contributed by atoms with Crippen molar-refractivity contribution >= 4 is 6.09 Å². The van der Waals surface area contributed by atoms with Crippen LogP contribution < -0.4 is 5.32 Å². The molecule has 0 saturated carbocycles. The van der Waals surface area contributed by atoms with Crippen molar-refractivity contribution in [2.75, 3.05) is 26.2 Å². The van der Waals surface area contributed by atoms with Crippen LogP contribution in [0.4, 0.5) is 4.79 Å². The van der Waals surface area contributed by atoms with Crippen molar-refractivity contribution in [1.29, 1.82) is 0 Å². The van der Waals surface area contributed by atoms with Crippen molar-refractivity contribution in [3.63, 3.8) is 0 Å². The second-order valence-corrected chi connectivity index (χ2v) is 6.83. The van der Waals surface area contributed by atoms with E-state index in [1.807, 2.05) is 20.8 Å². The quantitative estimate of drug-likeness (QED) is 0.784. The van der Waals surface area contributed by atoms with Crippen molar-refractivity contribution in [1.82, 2.24) is 10.2 Å². The zero-order valence-corrected chi connectivity index (χ0v) is 13.5. The third-order valence-corrected chi connectivity index (χ3v) is 4.13. The lowest BCUT2D eigenvalue weighted by Gasteiger charge is -2.42. The Kier molecular flexibility index (Phi) is 5.83. The van der Waals surface area contributed by atoms with Crippen LogP contribution in [0.2, 0.25) is 0 Å². The minimum Gasteiger partial charge on any atom is -0.444 e. The van der Waals surface area contributed by atoms with E-state index in [1.165, 1.54) is 0 Å². The number of ether oxygens (including phenoxy) is 1. The van der Waals surface area contributed by atoms with Crippen LogP contribution in [0.3, 0.4) is 0 Å². The Bertz CT molecular complexity index is 307. The van der Waals surface area contributed by atoms with Gasteiger partial charge in [0, 0.05) is 37.7 Å². The smallest absolute Gasteiger partial charge is 0.410 e. The van der Waals surface area contributed by atoms with E-state index in [-0.39, 0.29) is 18.1 Å². The van der Waals surface area contributed by atoms with E-state index in [0.717, 1.165) is 19.4 Å². The second-order valence-electron chi connectivity index (χ2n) is 6.83. The van der Waals surface area contributed by atoms with Gasteiger partial charge in [0.05, 0.1) is 0 Å². The van der Waals surface area contributed by atoms with Crippen molar-refractivity contribution in [3.05, 3.63) is 0 Å². The minimum atomic E-state index is -0.438. The van der Waals surface area contributed by atoms with Crippen LogP contribution in [0.5, 0.6) is 0 Å². The van der Waals surface area contributed by atoms with Gasteiger partial charge in [-0.25, -0.2) is 4.79 Å². The Morgan fingerprint density at radius 2 is 1.85 bits per heavy atom. The van der Waals surface area contributed by atoms with E-state index in [4.69, 9.17) is 4.74 Å². The average molecular weight is 286 g/mol. The van der Waals surface area contributed by atoms with E-state index in [1.54, 1.807) is 4.90 Å². The molecule has 5 nitrogen and oxygen atoms in total. The molecule has 0 aliphatic carbocycles. The molecule has 0 atom stereocenters. The molecule has 1 saturated heterocycles. The Labute approximate surface area is 122 Å². The van der Waals surface area contributed by atoms with E-state index in [9.17, 15) is 9.90 Å². The van der Waals surface area contributed by atoms with Crippen LogP contribution >= 0.6 is 0 Å². The van der Waals surface area contributed by atoms with Crippen LogP contribution in [0.25, 0.3) is 0 Å². The van der Waals surface area contributed by atoms with Gasteiger partial charge in [0.2, 0.25) is 0 Å². The zero-order chi connectivity index (χ0) is 15.4. The monoisotopic (exact) mass is 286 g/mol. The van der Waals surface area contributed by atoms with Crippen LogP contribution in [0.15, 0.2) is 0 Å². The highest BCUT2D eigenvalue weighted by Crippen LogP contribution is 2.25. The van der Waals surface area contributed by atoms with E-state index in [2.05, 4.69) is 19.2 Å². The van der Waals surface area contributed by atoms with Gasteiger partial charge in [0.25, 0.3) is 0 Å². The third kappa shape index (κ3) is 4.63. The topological polar surface area (TPSA) is 61.8 Å². The highest BCUT2D eigenvalue weighted by molar-refractivity contribution is 5.69. The first-order valence-corrected chi connectivity index (χ1v) is 7.57. The van der Waals surface area contributed by atoms with Gasteiger partial charge in [-0.05, 0) is 33.6 Å². The van der Waals surface area contributed by atoms with Gasteiger partial charge in [-0.2, -0.15) is 0 Å². The molecule has 1 fully saturated rings. The van der Waals surface area contributed by atoms with Gasteiger partial charge in [-0.3, -0.25) is 0 Å². The summed E-state index contributed by atoms with van der Waals surface area (Å²) < 4.78 is 5.32. The molecule has 0 aromatic rings. The fourth-order valence-electron chi connectivity index (χ4n) is 2.22. The van der Waals surface area contributed by atoms with Gasteiger partial charge < -0.3 is 20.1 Å². The zero-order valence-electron chi connectivity index (χ0n) is 13.5. The van der Waals surface area contributed by atoms with Crippen molar-refractivity contribution in [2.45, 2.75) is 59.1 Å². The van der Waals surface area contributed by atoms with Crippen molar-refractivity contribution < 1.29 is 14.6 Å². The highest BCUT2D eigenvalue weighted by atomic mass is 16.6. The molecule has 1 amide bonds. The first-order valence-electron chi connectivity index (χ1n) is 7.57. The van der Waals surface area contributed by atoms with Gasteiger partial charge in [0.15, 0.2) is 0 Å². The number of carbonyl (C=O) groups excluding carboxylic acids is 1. The van der Waals surface area contributed by atoms with E-state index in [0.29, 0.717) is 19.1 Å². The summed E-state index contributed by atoms with van der Waals surface area (Å²) in [6.45, 7) is 12.2. The number of amides is 1. The highest BCUT2D eigenvalue weighted by Gasteiger charge is 2.35. The summed E-state index contributed by atoms with van der Waals surface area (Å²) >= 11 is 0. The molecule has 1 aliphatic rings. The maximum atomic E-state index is 11.8. The first-order chi connectivity index (χ1) is 9.25. The molecule has 0 spiro atoms.